The molecule has 9 nitrogen and oxygen atoms in total. The van der Waals surface area contributed by atoms with Gasteiger partial charge in [0.1, 0.15) is 12.4 Å². The highest BCUT2D eigenvalue weighted by Crippen LogP contribution is 2.41. The lowest BCUT2D eigenvalue weighted by atomic mass is 9.82. The molecule has 0 radical (unpaired) electrons. The molecule has 3 rings (SSSR count). The van der Waals surface area contributed by atoms with E-state index in [-0.39, 0.29) is 35.1 Å². The maximum atomic E-state index is 12.7. The van der Waals surface area contributed by atoms with Crippen LogP contribution in [-0.4, -0.2) is 34.8 Å². The van der Waals surface area contributed by atoms with Crippen molar-refractivity contribution in [3.05, 3.63) is 74.1 Å². The molecule has 2 heterocycles. The lowest BCUT2D eigenvalue weighted by Gasteiger charge is -2.28. The summed E-state index contributed by atoms with van der Waals surface area (Å²) in [7, 11) is 1.41. The van der Waals surface area contributed by atoms with Crippen molar-refractivity contribution in [2.75, 3.05) is 19.0 Å². The molecule has 1 aromatic carbocycles. The molecule has 9 heteroatoms. The molecule has 2 aromatic rings. The first-order valence-corrected chi connectivity index (χ1v) is 8.36. The van der Waals surface area contributed by atoms with Gasteiger partial charge in [-0.25, -0.2) is 9.59 Å². The van der Waals surface area contributed by atoms with Gasteiger partial charge in [0.05, 0.1) is 24.2 Å². The fraction of sp³-hybridized carbons (Fsp3) is 0.211. The summed E-state index contributed by atoms with van der Waals surface area (Å²) in [6, 6.07) is 4.54. The molecule has 4 N–H and O–H groups in total. The zero-order valence-corrected chi connectivity index (χ0v) is 15.3. The van der Waals surface area contributed by atoms with E-state index in [1.54, 1.807) is 13.0 Å². The van der Waals surface area contributed by atoms with Crippen molar-refractivity contribution in [3.63, 3.8) is 0 Å². The van der Waals surface area contributed by atoms with Crippen LogP contribution in [-0.2, 0) is 9.53 Å². The van der Waals surface area contributed by atoms with Gasteiger partial charge in [-0.2, -0.15) is 0 Å². The van der Waals surface area contributed by atoms with Gasteiger partial charge in [0, 0.05) is 5.70 Å². The number of phenolic OH excluding ortho intramolecular Hbond substituents is 1. The summed E-state index contributed by atoms with van der Waals surface area (Å²) in [5.74, 6) is -1.28. The van der Waals surface area contributed by atoms with Gasteiger partial charge in [-0.05, 0) is 24.6 Å². The number of rotatable bonds is 5. The number of phenols is 1. The lowest BCUT2D eigenvalue weighted by molar-refractivity contribution is -0.138. The van der Waals surface area contributed by atoms with Crippen LogP contribution in [0.3, 0.4) is 0 Å². The van der Waals surface area contributed by atoms with Gasteiger partial charge in [-0.1, -0.05) is 18.7 Å². The standard InChI is InChI=1S/C19H19N3O6/c1-4-7-28-18(25)13-9(2)20-16-15(17(24)22-19(26)21-16)14(13)10-5-6-12(27-3)11(23)8-10/h4-6,8,14,23H,1,7H2,2-3H3,(H3,20,21,22,24,26)/t14-/m0/s1. The smallest absolute Gasteiger partial charge is 0.337 e. The van der Waals surface area contributed by atoms with Crippen molar-refractivity contribution in [1.29, 1.82) is 0 Å². The summed E-state index contributed by atoms with van der Waals surface area (Å²) in [5.41, 5.74) is -0.186. The van der Waals surface area contributed by atoms with Crippen molar-refractivity contribution in [2.24, 2.45) is 0 Å². The summed E-state index contributed by atoms with van der Waals surface area (Å²) < 4.78 is 10.2. The molecule has 1 aliphatic rings. The number of ether oxygens (including phenoxy) is 2. The Morgan fingerprint density at radius 3 is 2.71 bits per heavy atom. The Balaban J connectivity index is 2.25. The molecular formula is C19H19N3O6. The number of aromatic amines is 2. The number of aromatic nitrogens is 2. The molecule has 28 heavy (non-hydrogen) atoms. The number of aromatic hydroxyl groups is 1. The molecule has 0 saturated heterocycles. The number of benzene rings is 1. The number of fused-ring (bicyclic) bond motifs is 1. The van der Waals surface area contributed by atoms with Crippen LogP contribution < -0.4 is 21.3 Å². The van der Waals surface area contributed by atoms with Gasteiger partial charge in [0.2, 0.25) is 0 Å². The Kier molecular flexibility index (Phi) is 5.08. The molecule has 0 fully saturated rings. The van der Waals surface area contributed by atoms with Gasteiger partial charge in [0.15, 0.2) is 11.5 Å². The number of esters is 1. The van der Waals surface area contributed by atoms with Gasteiger partial charge < -0.3 is 19.9 Å². The van der Waals surface area contributed by atoms with Crippen molar-refractivity contribution >= 4 is 11.8 Å². The van der Waals surface area contributed by atoms with E-state index >= 15 is 0 Å². The molecule has 1 aromatic heterocycles. The molecular weight excluding hydrogens is 366 g/mol. The van der Waals surface area contributed by atoms with E-state index in [4.69, 9.17) is 9.47 Å². The maximum Gasteiger partial charge on any atom is 0.337 e. The van der Waals surface area contributed by atoms with E-state index in [1.165, 1.54) is 25.3 Å². The average Bonchev–Trinajstić information content (AvgIpc) is 2.64. The molecule has 0 aliphatic carbocycles. The Morgan fingerprint density at radius 2 is 2.07 bits per heavy atom. The fourth-order valence-electron chi connectivity index (χ4n) is 3.19. The van der Waals surface area contributed by atoms with E-state index in [0.29, 0.717) is 11.3 Å². The fourth-order valence-corrected chi connectivity index (χ4v) is 3.19. The minimum atomic E-state index is -0.883. The summed E-state index contributed by atoms with van der Waals surface area (Å²) in [4.78, 5) is 41.7. The molecule has 0 spiro atoms. The Hall–Kier alpha value is -3.75. The number of methoxy groups -OCH3 is 1. The highest BCUT2D eigenvalue weighted by Gasteiger charge is 2.36. The molecule has 0 unspecified atom stereocenters. The van der Waals surface area contributed by atoms with Gasteiger partial charge in [-0.3, -0.25) is 14.8 Å². The first-order valence-electron chi connectivity index (χ1n) is 8.36. The first-order chi connectivity index (χ1) is 13.4. The minimum Gasteiger partial charge on any atom is -0.504 e. The molecule has 1 atom stereocenters. The topological polar surface area (TPSA) is 134 Å². The monoisotopic (exact) mass is 385 g/mol. The van der Waals surface area contributed by atoms with Crippen LogP contribution in [0.25, 0.3) is 0 Å². The second-order valence-electron chi connectivity index (χ2n) is 6.11. The zero-order chi connectivity index (χ0) is 20.4. The van der Waals surface area contributed by atoms with Crippen LogP contribution in [0.2, 0.25) is 0 Å². The molecule has 146 valence electrons. The highest BCUT2D eigenvalue weighted by atomic mass is 16.5. The Morgan fingerprint density at radius 1 is 1.32 bits per heavy atom. The van der Waals surface area contributed by atoms with E-state index < -0.39 is 23.1 Å². The number of carbonyl (C=O) groups is 1. The van der Waals surface area contributed by atoms with Crippen molar-refractivity contribution < 1.29 is 19.4 Å². The number of allylic oxidation sites excluding steroid dienone is 1. The SMILES string of the molecule is C=CCOC(=O)C1=C(C)Nc2[nH]c(=O)[nH]c(=O)c2[C@H]1c1ccc(OC)c(O)c1. The van der Waals surface area contributed by atoms with Crippen LogP contribution in [0, 0.1) is 0 Å². The van der Waals surface area contributed by atoms with Gasteiger partial charge >= 0.3 is 11.7 Å². The largest absolute Gasteiger partial charge is 0.504 e. The first kappa shape index (κ1) is 19.0. The van der Waals surface area contributed by atoms with Gasteiger partial charge in [0.25, 0.3) is 5.56 Å². The minimum absolute atomic E-state index is 0.00890. The van der Waals surface area contributed by atoms with E-state index in [9.17, 15) is 19.5 Å². The molecule has 0 saturated carbocycles. The second kappa shape index (κ2) is 7.47. The van der Waals surface area contributed by atoms with Crippen molar-refractivity contribution in [1.82, 2.24) is 9.97 Å². The normalized spacial score (nSPS) is 15.4. The predicted molar refractivity (Wildman–Crippen MR) is 102 cm³/mol. The number of carbonyl (C=O) groups excluding carboxylic acids is 1. The summed E-state index contributed by atoms with van der Waals surface area (Å²) in [6.07, 6.45) is 1.43. The third-order valence-electron chi connectivity index (χ3n) is 4.36. The van der Waals surface area contributed by atoms with Crippen LogP contribution >= 0.6 is 0 Å². The van der Waals surface area contributed by atoms with Crippen LogP contribution in [0.4, 0.5) is 5.82 Å². The number of H-pyrrole nitrogens is 2. The van der Waals surface area contributed by atoms with Crippen LogP contribution in [0.15, 0.2) is 51.7 Å². The van der Waals surface area contributed by atoms with E-state index in [0.717, 1.165) is 0 Å². The van der Waals surface area contributed by atoms with E-state index in [1.807, 2.05) is 0 Å². The van der Waals surface area contributed by atoms with Crippen molar-refractivity contribution in [2.45, 2.75) is 12.8 Å². The Labute approximate surface area is 159 Å². The van der Waals surface area contributed by atoms with Crippen molar-refractivity contribution in [3.8, 4) is 11.5 Å². The van der Waals surface area contributed by atoms with Crippen LogP contribution in [0.5, 0.6) is 11.5 Å². The summed E-state index contributed by atoms with van der Waals surface area (Å²) in [5, 5.41) is 13.1. The summed E-state index contributed by atoms with van der Waals surface area (Å²) in [6.45, 7) is 5.13. The molecule has 1 aliphatic heterocycles. The van der Waals surface area contributed by atoms with Gasteiger partial charge in [-0.15, -0.1) is 0 Å². The number of anilines is 1. The van der Waals surface area contributed by atoms with Crippen LogP contribution in [0.1, 0.15) is 24.0 Å². The third-order valence-corrected chi connectivity index (χ3v) is 4.36. The predicted octanol–water partition coefficient (Wildman–Crippen LogP) is 1.34. The summed E-state index contributed by atoms with van der Waals surface area (Å²) >= 11 is 0. The zero-order valence-electron chi connectivity index (χ0n) is 15.3. The molecule has 0 amide bonds. The highest BCUT2D eigenvalue weighted by molar-refractivity contribution is 5.94. The molecule has 0 bridgehead atoms. The lowest BCUT2D eigenvalue weighted by Crippen LogP contribution is -2.35. The maximum absolute atomic E-state index is 12.7. The number of nitrogens with one attached hydrogen (secondary N) is 3. The second-order valence-corrected chi connectivity index (χ2v) is 6.11. The third kappa shape index (κ3) is 3.29. The Bertz CT molecular complexity index is 1100. The van der Waals surface area contributed by atoms with E-state index in [2.05, 4.69) is 21.9 Å². The number of hydrogen-bond acceptors (Lipinski definition) is 7. The number of hydrogen-bond donors (Lipinski definition) is 4. The average molecular weight is 385 g/mol. The quantitative estimate of drug-likeness (QED) is 0.451.